The Kier molecular flexibility index (Phi) is 15.4. The third kappa shape index (κ3) is 11.0. The van der Waals surface area contributed by atoms with E-state index in [1.165, 1.54) is 82.9 Å². The van der Waals surface area contributed by atoms with Crippen LogP contribution in [0, 0.1) is 36.5 Å². The van der Waals surface area contributed by atoms with Gasteiger partial charge in [0.25, 0.3) is 0 Å². The molecule has 0 aliphatic heterocycles. The van der Waals surface area contributed by atoms with Crippen LogP contribution in [-0.2, 0) is 10.8 Å². The van der Waals surface area contributed by atoms with Gasteiger partial charge in [-0.15, -0.1) is 0 Å². The first-order valence-electron chi connectivity index (χ1n) is 32.8. The van der Waals surface area contributed by atoms with Gasteiger partial charge in [-0.1, -0.05) is 160 Å². The van der Waals surface area contributed by atoms with E-state index in [2.05, 4.69) is 316 Å². The molecular formula is C90H70N6. The maximum absolute atomic E-state index is 9.41. The molecule has 0 fully saturated rings. The summed E-state index contributed by atoms with van der Waals surface area (Å²) in [4.78, 5) is 9.21. The molecule has 14 aromatic carbocycles. The Bertz CT molecular complexity index is 5300. The Labute approximate surface area is 563 Å². The van der Waals surface area contributed by atoms with Crippen molar-refractivity contribution in [2.75, 3.05) is 19.6 Å². The molecule has 0 N–H and O–H groups in total. The highest BCUT2D eigenvalue weighted by molar-refractivity contribution is 5.99. The van der Waals surface area contributed by atoms with Crippen LogP contribution >= 0.6 is 0 Å². The van der Waals surface area contributed by atoms with Crippen LogP contribution in [0.15, 0.2) is 315 Å². The molecule has 0 amide bonds. The number of para-hydroxylation sites is 4. The van der Waals surface area contributed by atoms with Gasteiger partial charge in [-0.05, 0) is 274 Å². The number of fused-ring (bicyclic) bond motifs is 8. The van der Waals surface area contributed by atoms with Crippen LogP contribution in [0.3, 0.4) is 0 Å². The molecule has 0 saturated carbocycles. The van der Waals surface area contributed by atoms with Gasteiger partial charge >= 0.3 is 0 Å². The van der Waals surface area contributed by atoms with E-state index in [0.29, 0.717) is 11.1 Å². The Morgan fingerprint density at radius 3 is 0.781 bits per heavy atom. The van der Waals surface area contributed by atoms with Crippen molar-refractivity contribution in [3.63, 3.8) is 0 Å². The average Bonchev–Trinajstić information content (AvgIpc) is 1.57. The molecule has 0 heterocycles. The summed E-state index contributed by atoms with van der Waals surface area (Å²) in [5.41, 5.74) is 27.1. The molecule has 14 aromatic rings. The summed E-state index contributed by atoms with van der Waals surface area (Å²) in [6, 6.07) is 117. The van der Waals surface area contributed by atoms with Gasteiger partial charge in [0.05, 0.1) is 23.3 Å². The summed E-state index contributed by atoms with van der Waals surface area (Å²) in [7, 11) is 0. The van der Waals surface area contributed by atoms with Crippen LogP contribution in [0.25, 0.3) is 43.8 Å². The van der Waals surface area contributed by atoms with Gasteiger partial charge in [0, 0.05) is 79.1 Å². The van der Waals surface area contributed by atoms with Crippen molar-refractivity contribution in [2.24, 2.45) is 0 Å². The molecule has 16 rings (SSSR count). The van der Waals surface area contributed by atoms with Crippen LogP contribution in [0.1, 0.15) is 72.2 Å². The Morgan fingerprint density at radius 1 is 0.229 bits per heavy atom. The first kappa shape index (κ1) is 60.0. The predicted molar refractivity (Wildman–Crippen MR) is 401 cm³/mol. The highest BCUT2D eigenvalue weighted by atomic mass is 15.2. The van der Waals surface area contributed by atoms with E-state index in [9.17, 15) is 10.5 Å². The van der Waals surface area contributed by atoms with Gasteiger partial charge in [0.15, 0.2) is 0 Å². The number of anilines is 12. The lowest BCUT2D eigenvalue weighted by Crippen LogP contribution is -2.16. The monoisotopic (exact) mass is 1230 g/mol. The van der Waals surface area contributed by atoms with Crippen LogP contribution in [0.5, 0.6) is 0 Å². The highest BCUT2D eigenvalue weighted by Gasteiger charge is 2.38. The molecule has 0 unspecified atom stereocenters. The number of aryl methyl sites for hydroxylation is 2. The number of nitrogens with zero attached hydrogens (tertiary/aromatic N) is 6. The zero-order chi connectivity index (χ0) is 65.7. The van der Waals surface area contributed by atoms with Crippen molar-refractivity contribution < 1.29 is 0 Å². The number of benzene rings is 14. The summed E-state index contributed by atoms with van der Waals surface area (Å²) in [5.74, 6) is 0. The number of nitriles is 2. The Balaban J connectivity index is 0.000000158. The van der Waals surface area contributed by atoms with Gasteiger partial charge in [-0.25, -0.2) is 0 Å². The molecule has 0 bridgehead atoms. The zero-order valence-electron chi connectivity index (χ0n) is 54.7. The molecule has 6 nitrogen and oxygen atoms in total. The Hall–Kier alpha value is -12.2. The molecule has 0 saturated heterocycles. The van der Waals surface area contributed by atoms with Gasteiger partial charge in [-0.3, -0.25) is 0 Å². The lowest BCUT2D eigenvalue weighted by atomic mass is 9.81. The minimum Gasteiger partial charge on any atom is -0.310 e. The highest BCUT2D eigenvalue weighted by Crippen LogP contribution is 2.54. The molecule has 96 heavy (non-hydrogen) atoms. The summed E-state index contributed by atoms with van der Waals surface area (Å²) in [6.07, 6.45) is 0. The molecule has 2 aliphatic rings. The molecule has 0 aromatic heterocycles. The number of rotatable bonds is 12. The molecule has 460 valence electrons. The minimum atomic E-state index is -0.232. The van der Waals surface area contributed by atoms with Crippen LogP contribution < -0.4 is 19.6 Å². The second-order valence-corrected chi connectivity index (χ2v) is 26.2. The van der Waals surface area contributed by atoms with E-state index in [0.717, 1.165) is 62.6 Å². The van der Waals surface area contributed by atoms with Crippen molar-refractivity contribution >= 4 is 89.8 Å². The number of hydrogen-bond acceptors (Lipinski definition) is 6. The molecule has 0 spiro atoms. The largest absolute Gasteiger partial charge is 0.310 e. The summed E-state index contributed by atoms with van der Waals surface area (Å²) in [6.45, 7) is 13.7. The first-order valence-corrected chi connectivity index (χ1v) is 32.8. The zero-order valence-corrected chi connectivity index (χ0v) is 54.7. The SMILES string of the molecule is CC1(C)c2cc(N(c3ccccc3)c3ccc(C#N)cc3)ccc2-c2cc3ccc(N(c4ccccc4)c4ccc(C#N)cc4)cc3cc21.Cc1ccc(N(c2ccccc2)c2ccc3c(c2)C(C)(C)c2cc4cc(N(c5ccccc5)c5ccc(C)cc5)ccc4cc2-3)cc1. The van der Waals surface area contributed by atoms with E-state index in [1.807, 2.05) is 72.8 Å². The first-order chi connectivity index (χ1) is 46.8. The molecule has 2 aliphatic carbocycles. The molecule has 0 radical (unpaired) electrons. The van der Waals surface area contributed by atoms with Crippen LogP contribution in [0.2, 0.25) is 0 Å². The second-order valence-electron chi connectivity index (χ2n) is 26.2. The quantitative estimate of drug-likeness (QED) is 0.121. The van der Waals surface area contributed by atoms with Crippen molar-refractivity contribution in [1.29, 1.82) is 10.5 Å². The van der Waals surface area contributed by atoms with Gasteiger partial charge in [0.1, 0.15) is 0 Å². The topological polar surface area (TPSA) is 60.5 Å². The van der Waals surface area contributed by atoms with Crippen LogP contribution in [-0.4, -0.2) is 0 Å². The third-order valence-electron chi connectivity index (χ3n) is 19.4. The maximum Gasteiger partial charge on any atom is 0.0991 e. The van der Waals surface area contributed by atoms with Crippen molar-refractivity contribution in [3.05, 3.63) is 360 Å². The normalized spacial score (nSPS) is 12.6. The minimum absolute atomic E-state index is 0.156. The maximum atomic E-state index is 9.41. The van der Waals surface area contributed by atoms with E-state index >= 15 is 0 Å². The molecule has 0 atom stereocenters. The lowest BCUT2D eigenvalue weighted by molar-refractivity contribution is 0.661. The average molecular weight is 1240 g/mol. The third-order valence-corrected chi connectivity index (χ3v) is 19.4. The lowest BCUT2D eigenvalue weighted by Gasteiger charge is -2.28. The Morgan fingerprint density at radius 2 is 0.479 bits per heavy atom. The number of hydrogen-bond donors (Lipinski definition) is 0. The fraction of sp³-hybridized carbons (Fsp3) is 0.0889. The summed E-state index contributed by atoms with van der Waals surface area (Å²) in [5, 5.41) is 23.7. The summed E-state index contributed by atoms with van der Waals surface area (Å²) >= 11 is 0. The van der Waals surface area contributed by atoms with Crippen molar-refractivity contribution in [3.8, 4) is 34.4 Å². The molecule has 6 heteroatoms. The van der Waals surface area contributed by atoms with Gasteiger partial charge in [0.2, 0.25) is 0 Å². The van der Waals surface area contributed by atoms with E-state index in [4.69, 9.17) is 0 Å². The predicted octanol–water partition coefficient (Wildman–Crippen LogP) is 24.5. The van der Waals surface area contributed by atoms with Crippen molar-refractivity contribution in [1.82, 2.24) is 0 Å². The molecular weight excluding hydrogens is 1170 g/mol. The summed E-state index contributed by atoms with van der Waals surface area (Å²) < 4.78 is 0. The van der Waals surface area contributed by atoms with Crippen molar-refractivity contribution in [2.45, 2.75) is 52.4 Å². The van der Waals surface area contributed by atoms with E-state index in [-0.39, 0.29) is 10.8 Å². The second kappa shape index (κ2) is 24.7. The van der Waals surface area contributed by atoms with Gasteiger partial charge in [-0.2, -0.15) is 10.5 Å². The smallest absolute Gasteiger partial charge is 0.0991 e. The van der Waals surface area contributed by atoms with Crippen LogP contribution in [0.4, 0.5) is 68.2 Å². The van der Waals surface area contributed by atoms with E-state index < -0.39 is 0 Å². The van der Waals surface area contributed by atoms with E-state index in [1.54, 1.807) is 0 Å². The van der Waals surface area contributed by atoms with Gasteiger partial charge < -0.3 is 19.6 Å². The fourth-order valence-electron chi connectivity index (χ4n) is 14.3. The fourth-order valence-corrected chi connectivity index (χ4v) is 14.3. The standard InChI is InChI=1S/C45H32N4.C45H38N2/c1-45(2)43-27-34-25-39(48(35-9-5-3-6-10-35)37-18-13-31(29-46)14-19-37)22-17-33(34)26-42(43)41-24-23-40(28-44(41)45)49(36-11-7-4-8-12-36)38-20-15-32(30-47)16-21-38;1-31-15-20-37(21-16-31)46(35-11-7-5-8-12-35)39-24-19-33-28-42-41-26-25-40(30-44(41)45(3,4)43(42)29-34(33)27-39)47(36-13-9-6-10-14-36)38-22-17-32(2)18-23-38/h3-28H,1-2H3;5-30H,1-4H3.